The van der Waals surface area contributed by atoms with Crippen LogP contribution in [0.5, 0.6) is 5.75 Å². The normalized spacial score (nSPS) is 10.6. The number of nitrogens with one attached hydrogen (secondary N) is 1. The number of amides is 2. The first-order valence-corrected chi connectivity index (χ1v) is 8.47. The molecule has 3 N–H and O–H groups in total. The lowest BCUT2D eigenvalue weighted by Gasteiger charge is -2.09. The van der Waals surface area contributed by atoms with Gasteiger partial charge in [-0.2, -0.15) is 0 Å². The van der Waals surface area contributed by atoms with Crippen LogP contribution in [-0.2, 0) is 16.0 Å². The highest BCUT2D eigenvalue weighted by molar-refractivity contribution is 7.13. The standard InChI is InChI=1S/C16H13ClN4O3S/c17-11-3-4-12(15-10(11)2-1-5-19-15)24-7-14(23)21-16-20-9(8-25-16)6-13(18)22/h1-5,8H,6-7H2,(H2,18,22)(H,20,21,23). The van der Waals surface area contributed by atoms with Crippen molar-refractivity contribution in [3.8, 4) is 5.75 Å². The average Bonchev–Trinajstić information content (AvgIpc) is 3.00. The summed E-state index contributed by atoms with van der Waals surface area (Å²) in [4.78, 5) is 31.2. The monoisotopic (exact) mass is 376 g/mol. The van der Waals surface area contributed by atoms with E-state index >= 15 is 0 Å². The van der Waals surface area contributed by atoms with E-state index in [2.05, 4.69) is 15.3 Å². The zero-order valence-electron chi connectivity index (χ0n) is 12.9. The minimum absolute atomic E-state index is 0.0330. The Kier molecular flexibility index (Phi) is 5.11. The zero-order chi connectivity index (χ0) is 17.8. The van der Waals surface area contributed by atoms with Crippen molar-refractivity contribution in [2.24, 2.45) is 5.73 Å². The van der Waals surface area contributed by atoms with Gasteiger partial charge in [0.25, 0.3) is 5.91 Å². The van der Waals surface area contributed by atoms with Crippen molar-refractivity contribution >= 4 is 50.8 Å². The quantitative estimate of drug-likeness (QED) is 0.686. The van der Waals surface area contributed by atoms with Crippen LogP contribution in [0.2, 0.25) is 5.02 Å². The first kappa shape index (κ1) is 17.1. The molecule has 0 unspecified atom stereocenters. The Hall–Kier alpha value is -2.71. The number of primary amides is 1. The van der Waals surface area contributed by atoms with Crippen LogP contribution in [0.3, 0.4) is 0 Å². The van der Waals surface area contributed by atoms with Gasteiger partial charge in [-0.3, -0.25) is 19.9 Å². The maximum absolute atomic E-state index is 12.0. The number of fused-ring (bicyclic) bond motifs is 1. The third-order valence-corrected chi connectivity index (χ3v) is 4.33. The molecule has 3 aromatic rings. The molecule has 0 saturated carbocycles. The second-order valence-corrected chi connectivity index (χ2v) is 6.33. The van der Waals surface area contributed by atoms with E-state index in [0.29, 0.717) is 27.1 Å². The Bertz CT molecular complexity index is 944. The second-order valence-electron chi connectivity index (χ2n) is 5.07. The van der Waals surface area contributed by atoms with Crippen LogP contribution in [-0.4, -0.2) is 28.4 Å². The predicted molar refractivity (Wildman–Crippen MR) is 95.9 cm³/mol. The number of benzene rings is 1. The summed E-state index contributed by atoms with van der Waals surface area (Å²) >= 11 is 7.33. The first-order chi connectivity index (χ1) is 12.0. The SMILES string of the molecule is NC(=O)Cc1csc(NC(=O)COc2ccc(Cl)c3cccnc23)n1. The molecule has 0 aliphatic rings. The van der Waals surface area contributed by atoms with E-state index < -0.39 is 5.91 Å². The van der Waals surface area contributed by atoms with Crippen molar-refractivity contribution in [1.29, 1.82) is 0 Å². The van der Waals surface area contributed by atoms with Gasteiger partial charge >= 0.3 is 0 Å². The molecule has 0 radical (unpaired) electrons. The fourth-order valence-corrected chi connectivity index (χ4v) is 3.09. The van der Waals surface area contributed by atoms with E-state index in [0.717, 1.165) is 5.39 Å². The van der Waals surface area contributed by atoms with Crippen molar-refractivity contribution in [2.75, 3.05) is 11.9 Å². The van der Waals surface area contributed by atoms with Gasteiger partial charge in [-0.15, -0.1) is 11.3 Å². The van der Waals surface area contributed by atoms with Crippen molar-refractivity contribution in [2.45, 2.75) is 6.42 Å². The van der Waals surface area contributed by atoms with Gasteiger partial charge in [0, 0.05) is 17.0 Å². The van der Waals surface area contributed by atoms with Gasteiger partial charge in [0.1, 0.15) is 11.3 Å². The number of halogens is 1. The molecule has 128 valence electrons. The molecule has 0 atom stereocenters. The van der Waals surface area contributed by atoms with Crippen LogP contribution in [0, 0.1) is 0 Å². The van der Waals surface area contributed by atoms with Crippen molar-refractivity contribution in [3.05, 3.63) is 46.6 Å². The Balaban J connectivity index is 1.64. The number of nitrogens with zero attached hydrogens (tertiary/aromatic N) is 2. The topological polar surface area (TPSA) is 107 Å². The number of nitrogens with two attached hydrogens (primary N) is 1. The van der Waals surface area contributed by atoms with Crippen LogP contribution in [0.15, 0.2) is 35.8 Å². The Morgan fingerprint density at radius 1 is 1.32 bits per heavy atom. The number of hydrogen-bond donors (Lipinski definition) is 2. The predicted octanol–water partition coefficient (Wildman–Crippen LogP) is 2.39. The minimum Gasteiger partial charge on any atom is -0.481 e. The fraction of sp³-hybridized carbons (Fsp3) is 0.125. The lowest BCUT2D eigenvalue weighted by Crippen LogP contribution is -2.20. The zero-order valence-corrected chi connectivity index (χ0v) is 14.4. The number of carbonyl (C=O) groups is 2. The van der Waals surface area contributed by atoms with E-state index in [-0.39, 0.29) is 18.9 Å². The molecule has 9 heteroatoms. The number of rotatable bonds is 6. The summed E-state index contributed by atoms with van der Waals surface area (Å²) in [7, 11) is 0. The smallest absolute Gasteiger partial charge is 0.264 e. The lowest BCUT2D eigenvalue weighted by molar-refractivity contribution is -0.118. The molecule has 0 aliphatic carbocycles. The molecule has 3 rings (SSSR count). The molecule has 25 heavy (non-hydrogen) atoms. The van der Waals surface area contributed by atoms with Gasteiger partial charge in [0.2, 0.25) is 5.91 Å². The highest BCUT2D eigenvalue weighted by Crippen LogP contribution is 2.29. The first-order valence-electron chi connectivity index (χ1n) is 7.21. The van der Waals surface area contributed by atoms with Gasteiger partial charge in [0.05, 0.1) is 17.1 Å². The summed E-state index contributed by atoms with van der Waals surface area (Å²) in [5, 5.41) is 5.96. The summed E-state index contributed by atoms with van der Waals surface area (Å²) in [6.07, 6.45) is 1.66. The molecule has 1 aromatic carbocycles. The fourth-order valence-electron chi connectivity index (χ4n) is 2.15. The number of ether oxygens (including phenoxy) is 1. The maximum atomic E-state index is 12.0. The molecule has 7 nitrogen and oxygen atoms in total. The third kappa shape index (κ3) is 4.23. The molecule has 0 bridgehead atoms. The molecule has 2 heterocycles. The van der Waals surface area contributed by atoms with E-state index in [4.69, 9.17) is 22.1 Å². The van der Waals surface area contributed by atoms with Crippen molar-refractivity contribution in [1.82, 2.24) is 9.97 Å². The van der Waals surface area contributed by atoms with Crippen molar-refractivity contribution in [3.63, 3.8) is 0 Å². The van der Waals surface area contributed by atoms with Crippen LogP contribution < -0.4 is 15.8 Å². The molecular formula is C16H13ClN4O3S. The van der Waals surface area contributed by atoms with Gasteiger partial charge in [-0.1, -0.05) is 11.6 Å². The van der Waals surface area contributed by atoms with Crippen molar-refractivity contribution < 1.29 is 14.3 Å². The van der Waals surface area contributed by atoms with Gasteiger partial charge in [-0.25, -0.2) is 4.98 Å². The molecule has 0 fully saturated rings. The van der Waals surface area contributed by atoms with Crippen LogP contribution in [0.4, 0.5) is 5.13 Å². The van der Waals surface area contributed by atoms with E-state index in [9.17, 15) is 9.59 Å². The number of pyridine rings is 1. The number of hydrogen-bond acceptors (Lipinski definition) is 6. The minimum atomic E-state index is -0.478. The number of thiazole rings is 1. The second kappa shape index (κ2) is 7.45. The summed E-state index contributed by atoms with van der Waals surface area (Å²) in [6.45, 7) is -0.210. The summed E-state index contributed by atoms with van der Waals surface area (Å²) < 4.78 is 5.55. The third-order valence-electron chi connectivity index (χ3n) is 3.19. The summed E-state index contributed by atoms with van der Waals surface area (Å²) in [5.74, 6) is -0.392. The Labute approximate surface area is 151 Å². The largest absolute Gasteiger partial charge is 0.481 e. The Morgan fingerprint density at radius 3 is 2.96 bits per heavy atom. The lowest BCUT2D eigenvalue weighted by atomic mass is 10.2. The van der Waals surface area contributed by atoms with Crippen LogP contribution in [0.25, 0.3) is 10.9 Å². The molecular weight excluding hydrogens is 364 g/mol. The highest BCUT2D eigenvalue weighted by atomic mass is 35.5. The van der Waals surface area contributed by atoms with Crippen LogP contribution >= 0.6 is 22.9 Å². The van der Waals surface area contributed by atoms with E-state index in [1.807, 2.05) is 6.07 Å². The molecule has 2 aromatic heterocycles. The van der Waals surface area contributed by atoms with Gasteiger partial charge in [0.15, 0.2) is 11.7 Å². The molecule has 0 saturated heterocycles. The highest BCUT2D eigenvalue weighted by Gasteiger charge is 2.11. The number of anilines is 1. The molecule has 0 aliphatic heterocycles. The van der Waals surface area contributed by atoms with E-state index in [1.54, 1.807) is 29.8 Å². The van der Waals surface area contributed by atoms with Gasteiger partial charge in [-0.05, 0) is 24.3 Å². The average molecular weight is 377 g/mol. The summed E-state index contributed by atoms with van der Waals surface area (Å²) in [6, 6.07) is 6.96. The van der Waals surface area contributed by atoms with E-state index in [1.165, 1.54) is 11.3 Å². The number of aromatic nitrogens is 2. The number of carbonyl (C=O) groups excluding carboxylic acids is 2. The maximum Gasteiger partial charge on any atom is 0.264 e. The Morgan fingerprint density at radius 2 is 2.16 bits per heavy atom. The summed E-state index contributed by atoms with van der Waals surface area (Å²) in [5.41, 5.74) is 6.21. The van der Waals surface area contributed by atoms with Gasteiger partial charge < -0.3 is 10.5 Å². The molecule has 2 amide bonds. The van der Waals surface area contributed by atoms with Crippen LogP contribution in [0.1, 0.15) is 5.69 Å². The molecule has 0 spiro atoms.